The lowest BCUT2D eigenvalue weighted by Gasteiger charge is -2.29. The quantitative estimate of drug-likeness (QED) is 0.869. The molecule has 0 saturated carbocycles. The number of nitrogens with zero attached hydrogens (tertiary/aromatic N) is 1. The normalized spacial score (nSPS) is 17.8. The van der Waals surface area contributed by atoms with E-state index in [0.29, 0.717) is 13.1 Å². The third-order valence-corrected chi connectivity index (χ3v) is 3.47. The lowest BCUT2D eigenvalue weighted by Crippen LogP contribution is -2.47. The molecule has 2 rings (SSSR count). The number of amides is 1. The van der Waals surface area contributed by atoms with Gasteiger partial charge < -0.3 is 15.3 Å². The second-order valence-corrected chi connectivity index (χ2v) is 5.01. The first-order valence-electron chi connectivity index (χ1n) is 5.57. The number of piperazine rings is 1. The Kier molecular flexibility index (Phi) is 3.69. The minimum Gasteiger partial charge on any atom is -0.389 e. The van der Waals surface area contributed by atoms with Crippen molar-refractivity contribution in [2.75, 3.05) is 24.5 Å². The first-order valence-corrected chi connectivity index (χ1v) is 6.36. The van der Waals surface area contributed by atoms with Crippen molar-refractivity contribution >= 4 is 27.5 Å². The molecule has 17 heavy (non-hydrogen) atoms. The molecule has 5 heteroatoms. The molecule has 1 aromatic rings. The summed E-state index contributed by atoms with van der Waals surface area (Å²) < 4.78 is 0.908. The van der Waals surface area contributed by atoms with Crippen LogP contribution in [-0.4, -0.2) is 30.6 Å². The van der Waals surface area contributed by atoms with Gasteiger partial charge in [0.1, 0.15) is 0 Å². The van der Waals surface area contributed by atoms with Gasteiger partial charge in [0, 0.05) is 17.6 Å². The number of hydrogen-bond acceptors (Lipinski definition) is 3. The van der Waals surface area contributed by atoms with Gasteiger partial charge in [-0.05, 0) is 40.5 Å². The van der Waals surface area contributed by atoms with E-state index in [1.54, 1.807) is 6.92 Å². The number of rotatable bonds is 2. The van der Waals surface area contributed by atoms with Crippen molar-refractivity contribution in [1.29, 1.82) is 0 Å². The van der Waals surface area contributed by atoms with Gasteiger partial charge in [0.15, 0.2) is 0 Å². The van der Waals surface area contributed by atoms with Crippen molar-refractivity contribution in [3.63, 3.8) is 0 Å². The molecule has 2 N–H and O–H groups in total. The van der Waals surface area contributed by atoms with Gasteiger partial charge in [0.25, 0.3) is 0 Å². The van der Waals surface area contributed by atoms with Crippen LogP contribution in [0.2, 0.25) is 0 Å². The maximum Gasteiger partial charge on any atom is 0.239 e. The molecule has 0 spiro atoms. The van der Waals surface area contributed by atoms with Crippen LogP contribution >= 0.6 is 15.9 Å². The van der Waals surface area contributed by atoms with E-state index >= 15 is 0 Å². The van der Waals surface area contributed by atoms with Crippen LogP contribution in [0.5, 0.6) is 0 Å². The number of nitrogens with one attached hydrogen (secondary N) is 1. The summed E-state index contributed by atoms with van der Waals surface area (Å²) in [5.74, 6) is 0.0442. The average molecular weight is 299 g/mol. The SMILES string of the molecule is CC(O)c1ccc(N2CCNC(=O)C2)c(Br)c1. The van der Waals surface area contributed by atoms with Gasteiger partial charge in [0.05, 0.1) is 18.3 Å². The highest BCUT2D eigenvalue weighted by Gasteiger charge is 2.18. The van der Waals surface area contributed by atoms with Crippen molar-refractivity contribution in [2.45, 2.75) is 13.0 Å². The average Bonchev–Trinajstić information content (AvgIpc) is 2.28. The Morgan fingerprint density at radius 2 is 2.29 bits per heavy atom. The molecule has 1 atom stereocenters. The van der Waals surface area contributed by atoms with Crippen LogP contribution in [0.15, 0.2) is 22.7 Å². The van der Waals surface area contributed by atoms with Gasteiger partial charge >= 0.3 is 0 Å². The standard InChI is InChI=1S/C12H15BrN2O2/c1-8(16)9-2-3-11(10(13)6-9)15-5-4-14-12(17)7-15/h2-3,6,8,16H,4-5,7H2,1H3,(H,14,17). The number of aliphatic hydroxyl groups excluding tert-OH is 1. The predicted molar refractivity (Wildman–Crippen MR) is 70.0 cm³/mol. The molecule has 0 aromatic heterocycles. The maximum absolute atomic E-state index is 11.3. The fourth-order valence-electron chi connectivity index (χ4n) is 1.88. The minimum atomic E-state index is -0.481. The highest BCUT2D eigenvalue weighted by Crippen LogP contribution is 2.29. The molecule has 1 saturated heterocycles. The Labute approximate surface area is 109 Å². The van der Waals surface area contributed by atoms with Crippen molar-refractivity contribution in [2.24, 2.45) is 0 Å². The highest BCUT2D eigenvalue weighted by molar-refractivity contribution is 9.10. The van der Waals surface area contributed by atoms with Crippen molar-refractivity contribution < 1.29 is 9.90 Å². The maximum atomic E-state index is 11.3. The van der Waals surface area contributed by atoms with E-state index < -0.39 is 6.10 Å². The molecular weight excluding hydrogens is 284 g/mol. The van der Waals surface area contributed by atoms with E-state index in [1.165, 1.54) is 0 Å². The van der Waals surface area contributed by atoms with Gasteiger partial charge in [-0.3, -0.25) is 4.79 Å². The Balaban J connectivity index is 2.23. The summed E-state index contributed by atoms with van der Waals surface area (Å²) in [5, 5.41) is 12.3. The summed E-state index contributed by atoms with van der Waals surface area (Å²) in [7, 11) is 0. The van der Waals surface area contributed by atoms with E-state index in [1.807, 2.05) is 23.1 Å². The van der Waals surface area contributed by atoms with Gasteiger partial charge in [-0.2, -0.15) is 0 Å². The molecule has 1 aromatic carbocycles. The molecule has 0 aliphatic carbocycles. The van der Waals surface area contributed by atoms with Crippen LogP contribution in [0.25, 0.3) is 0 Å². The third-order valence-electron chi connectivity index (χ3n) is 2.83. The minimum absolute atomic E-state index is 0.0442. The Bertz CT molecular complexity index is 435. The van der Waals surface area contributed by atoms with Crippen LogP contribution < -0.4 is 10.2 Å². The summed E-state index contributed by atoms with van der Waals surface area (Å²) >= 11 is 3.49. The molecule has 1 amide bonds. The fourth-order valence-corrected chi connectivity index (χ4v) is 2.53. The Morgan fingerprint density at radius 1 is 1.53 bits per heavy atom. The van der Waals surface area contributed by atoms with Gasteiger partial charge in [-0.1, -0.05) is 6.07 Å². The Hall–Kier alpha value is -1.07. The topological polar surface area (TPSA) is 52.6 Å². The van der Waals surface area contributed by atoms with E-state index in [-0.39, 0.29) is 5.91 Å². The zero-order valence-electron chi connectivity index (χ0n) is 9.61. The van der Waals surface area contributed by atoms with E-state index in [2.05, 4.69) is 21.2 Å². The molecule has 4 nitrogen and oxygen atoms in total. The molecule has 1 unspecified atom stereocenters. The van der Waals surface area contributed by atoms with Crippen LogP contribution in [0, 0.1) is 0 Å². The van der Waals surface area contributed by atoms with Crippen LogP contribution in [0.3, 0.4) is 0 Å². The number of benzene rings is 1. The molecule has 0 bridgehead atoms. The summed E-state index contributed by atoms with van der Waals surface area (Å²) in [4.78, 5) is 13.3. The van der Waals surface area contributed by atoms with Crippen molar-refractivity contribution in [3.8, 4) is 0 Å². The lowest BCUT2D eigenvalue weighted by molar-refractivity contribution is -0.120. The third kappa shape index (κ3) is 2.79. The number of carbonyl (C=O) groups is 1. The smallest absolute Gasteiger partial charge is 0.239 e. The van der Waals surface area contributed by atoms with Crippen LogP contribution in [0.1, 0.15) is 18.6 Å². The van der Waals surface area contributed by atoms with Gasteiger partial charge in [-0.25, -0.2) is 0 Å². The van der Waals surface area contributed by atoms with E-state index in [4.69, 9.17) is 0 Å². The largest absolute Gasteiger partial charge is 0.389 e. The second kappa shape index (κ2) is 5.06. The first kappa shape index (κ1) is 12.4. The second-order valence-electron chi connectivity index (χ2n) is 4.16. The number of carbonyl (C=O) groups excluding carboxylic acids is 1. The number of halogens is 1. The summed E-state index contributed by atoms with van der Waals surface area (Å²) in [6, 6.07) is 5.72. The molecule has 1 heterocycles. The lowest BCUT2D eigenvalue weighted by atomic mass is 10.1. The van der Waals surface area contributed by atoms with Crippen molar-refractivity contribution in [3.05, 3.63) is 28.2 Å². The van der Waals surface area contributed by atoms with E-state index in [9.17, 15) is 9.90 Å². The molecule has 1 fully saturated rings. The van der Waals surface area contributed by atoms with Crippen molar-refractivity contribution in [1.82, 2.24) is 5.32 Å². The molecule has 1 aliphatic heterocycles. The molecule has 92 valence electrons. The molecule has 0 radical (unpaired) electrons. The molecular formula is C12H15BrN2O2. The van der Waals surface area contributed by atoms with Gasteiger partial charge in [-0.15, -0.1) is 0 Å². The van der Waals surface area contributed by atoms with Crippen LogP contribution in [0.4, 0.5) is 5.69 Å². The summed E-state index contributed by atoms with van der Waals surface area (Å²) in [6.07, 6.45) is -0.481. The number of hydrogen-bond donors (Lipinski definition) is 2. The first-order chi connectivity index (χ1) is 8.08. The summed E-state index contributed by atoms with van der Waals surface area (Å²) in [5.41, 5.74) is 1.85. The highest BCUT2D eigenvalue weighted by atomic mass is 79.9. The molecule has 1 aliphatic rings. The zero-order valence-corrected chi connectivity index (χ0v) is 11.2. The zero-order chi connectivity index (χ0) is 12.4. The fraction of sp³-hybridized carbons (Fsp3) is 0.417. The number of anilines is 1. The van der Waals surface area contributed by atoms with Gasteiger partial charge in [0.2, 0.25) is 5.91 Å². The van der Waals surface area contributed by atoms with E-state index in [0.717, 1.165) is 22.3 Å². The van der Waals surface area contributed by atoms with Crippen LogP contribution in [-0.2, 0) is 4.79 Å². The Morgan fingerprint density at radius 3 is 2.88 bits per heavy atom. The predicted octanol–water partition coefficient (Wildman–Crippen LogP) is 1.44. The number of aliphatic hydroxyl groups is 1. The monoisotopic (exact) mass is 298 g/mol. The summed E-state index contributed by atoms with van der Waals surface area (Å²) in [6.45, 7) is 3.59.